The van der Waals surface area contributed by atoms with Gasteiger partial charge in [-0.25, -0.2) is 4.79 Å². The van der Waals surface area contributed by atoms with Crippen LogP contribution in [0.2, 0.25) is 0 Å². The normalized spacial score (nSPS) is 14.9. The highest BCUT2D eigenvalue weighted by atomic mass is 32.1. The maximum Gasteiger partial charge on any atom is 0.317 e. The molecule has 0 bridgehead atoms. The summed E-state index contributed by atoms with van der Waals surface area (Å²) in [6.45, 7) is 10.3. The van der Waals surface area contributed by atoms with Crippen molar-refractivity contribution in [2.75, 3.05) is 57.4 Å². The third-order valence-corrected chi connectivity index (χ3v) is 6.33. The minimum Gasteiger partial charge on any atom is -0.396 e. The third-order valence-electron chi connectivity index (χ3n) is 5.57. The number of likely N-dealkylation sites (N-methyl/N-ethyl adjacent to an activating group) is 1. The Hall–Kier alpha value is -2.69. The Labute approximate surface area is 199 Å². The van der Waals surface area contributed by atoms with Crippen LogP contribution in [0.5, 0.6) is 0 Å². The van der Waals surface area contributed by atoms with Crippen molar-refractivity contribution in [2.45, 2.75) is 32.9 Å². The van der Waals surface area contributed by atoms with Gasteiger partial charge in [-0.15, -0.1) is 11.3 Å². The van der Waals surface area contributed by atoms with Gasteiger partial charge in [0.25, 0.3) is 5.91 Å². The van der Waals surface area contributed by atoms with Gasteiger partial charge >= 0.3 is 6.03 Å². The minimum absolute atomic E-state index is 0.0615. The fraction of sp³-hybridized carbons (Fsp3) is 0.522. The molecule has 3 heterocycles. The number of rotatable bonds is 9. The van der Waals surface area contributed by atoms with Gasteiger partial charge in [0.15, 0.2) is 0 Å². The van der Waals surface area contributed by atoms with Gasteiger partial charge in [-0.3, -0.25) is 9.78 Å². The number of nitrogens with zero attached hydrogens (tertiary/aromatic N) is 4. The van der Waals surface area contributed by atoms with Crippen molar-refractivity contribution >= 4 is 34.6 Å². The van der Waals surface area contributed by atoms with Crippen LogP contribution in [0.1, 0.15) is 36.3 Å². The molecule has 33 heavy (non-hydrogen) atoms. The highest BCUT2D eigenvalue weighted by molar-refractivity contribution is 7.09. The zero-order valence-electron chi connectivity index (χ0n) is 19.7. The molecule has 1 saturated heterocycles. The lowest BCUT2D eigenvalue weighted by Crippen LogP contribution is -2.46. The number of piperazine rings is 1. The van der Waals surface area contributed by atoms with Gasteiger partial charge in [0.1, 0.15) is 5.69 Å². The summed E-state index contributed by atoms with van der Waals surface area (Å²) in [7, 11) is 2.15. The van der Waals surface area contributed by atoms with Crippen molar-refractivity contribution in [1.82, 2.24) is 25.0 Å². The molecule has 0 atom stereocenters. The summed E-state index contributed by atoms with van der Waals surface area (Å²) in [5.41, 5.74) is 8.13. The molecule has 3 rings (SSSR count). The first-order chi connectivity index (χ1) is 15.8. The first-order valence-corrected chi connectivity index (χ1v) is 12.3. The number of aromatic nitrogens is 1. The first kappa shape index (κ1) is 24.9. The molecule has 0 aromatic carbocycles. The van der Waals surface area contributed by atoms with Gasteiger partial charge < -0.3 is 31.1 Å². The molecule has 1 aliphatic rings. The minimum atomic E-state index is -0.312. The maximum absolute atomic E-state index is 12.8. The summed E-state index contributed by atoms with van der Waals surface area (Å²) < 4.78 is 0. The summed E-state index contributed by atoms with van der Waals surface area (Å²) >= 11 is 1.43. The molecule has 0 unspecified atom stereocenters. The lowest BCUT2D eigenvalue weighted by Gasteiger charge is -2.33. The van der Waals surface area contributed by atoms with Gasteiger partial charge in [-0.2, -0.15) is 0 Å². The van der Waals surface area contributed by atoms with Crippen LogP contribution in [0.3, 0.4) is 0 Å². The highest BCUT2D eigenvalue weighted by Gasteiger charge is 2.18. The molecule has 9 nitrogen and oxygen atoms in total. The quantitative estimate of drug-likeness (QED) is 0.517. The Morgan fingerprint density at radius 3 is 2.58 bits per heavy atom. The molecule has 0 radical (unpaired) electrons. The van der Waals surface area contributed by atoms with Crippen molar-refractivity contribution < 1.29 is 9.59 Å². The number of carbonyl (C=O) groups excluding carboxylic acids is 2. The number of urea groups is 1. The zero-order chi connectivity index (χ0) is 23.8. The second-order valence-corrected chi connectivity index (χ2v) is 9.51. The van der Waals surface area contributed by atoms with E-state index in [0.29, 0.717) is 30.2 Å². The molecule has 1 aliphatic heterocycles. The van der Waals surface area contributed by atoms with Crippen LogP contribution in [-0.4, -0.2) is 84.0 Å². The number of thiophene rings is 1. The second kappa shape index (κ2) is 12.0. The van der Waals surface area contributed by atoms with Gasteiger partial charge in [-0.05, 0) is 45.5 Å². The molecule has 1 fully saturated rings. The number of nitrogens with two attached hydrogens (primary N) is 1. The molecule has 3 amide bonds. The van der Waals surface area contributed by atoms with Gasteiger partial charge in [0.2, 0.25) is 0 Å². The largest absolute Gasteiger partial charge is 0.396 e. The van der Waals surface area contributed by atoms with E-state index in [0.717, 1.165) is 44.7 Å². The molecule has 0 spiro atoms. The van der Waals surface area contributed by atoms with Gasteiger partial charge in [0, 0.05) is 62.3 Å². The predicted molar refractivity (Wildman–Crippen MR) is 134 cm³/mol. The van der Waals surface area contributed by atoms with Crippen LogP contribution in [-0.2, 0) is 6.54 Å². The fourth-order valence-electron chi connectivity index (χ4n) is 3.61. The number of carbonyl (C=O) groups is 2. The van der Waals surface area contributed by atoms with Crippen LogP contribution < -0.4 is 16.4 Å². The fourth-order valence-corrected chi connectivity index (χ4v) is 4.29. The van der Waals surface area contributed by atoms with Crippen molar-refractivity contribution in [1.29, 1.82) is 0 Å². The Morgan fingerprint density at radius 1 is 1.21 bits per heavy atom. The monoisotopic (exact) mass is 473 g/mol. The Bertz CT molecular complexity index is 908. The molecule has 180 valence electrons. The highest BCUT2D eigenvalue weighted by Crippen LogP contribution is 2.23. The molecule has 2 aromatic rings. The van der Waals surface area contributed by atoms with Crippen LogP contribution >= 0.6 is 11.3 Å². The molecular weight excluding hydrogens is 438 g/mol. The number of hydrogen-bond acceptors (Lipinski definition) is 7. The van der Waals surface area contributed by atoms with E-state index in [2.05, 4.69) is 32.5 Å². The van der Waals surface area contributed by atoms with E-state index in [1.807, 2.05) is 24.8 Å². The van der Waals surface area contributed by atoms with E-state index in [1.54, 1.807) is 23.0 Å². The molecular formula is C23H35N7O2S. The van der Waals surface area contributed by atoms with Crippen LogP contribution in [0.15, 0.2) is 29.1 Å². The molecule has 2 aromatic heterocycles. The molecule has 10 heteroatoms. The standard InChI is InChI=1S/C23H35N7O2S/c1-17(2)26-23(32)30(8-4-7-29-11-9-28(3)10-12-29)14-18-5-6-20(25-13-18)22(31)27-21-16-33-15-19(21)24/h5-6,13,15-17H,4,7-12,14,24H2,1-3H3,(H,26,32)(H,27,31). The molecule has 4 N–H and O–H groups in total. The average molecular weight is 474 g/mol. The van der Waals surface area contributed by atoms with Crippen LogP contribution in [0.4, 0.5) is 16.2 Å². The predicted octanol–water partition coefficient (Wildman–Crippen LogP) is 2.54. The number of nitrogens with one attached hydrogen (secondary N) is 2. The number of pyridine rings is 1. The Balaban J connectivity index is 1.57. The number of hydrogen-bond donors (Lipinski definition) is 3. The van der Waals surface area contributed by atoms with Crippen molar-refractivity contribution in [2.24, 2.45) is 0 Å². The summed E-state index contributed by atoms with van der Waals surface area (Å²) in [6.07, 6.45) is 2.56. The summed E-state index contributed by atoms with van der Waals surface area (Å²) in [5.74, 6) is -0.312. The van der Waals surface area contributed by atoms with Gasteiger partial charge in [0.05, 0.1) is 11.4 Å². The average Bonchev–Trinajstić information content (AvgIpc) is 3.18. The topological polar surface area (TPSA) is 107 Å². The lowest BCUT2D eigenvalue weighted by atomic mass is 10.2. The number of nitrogen functional groups attached to an aromatic ring is 1. The molecule has 0 saturated carbocycles. The maximum atomic E-state index is 12.8. The van der Waals surface area contributed by atoms with Crippen LogP contribution in [0.25, 0.3) is 0 Å². The van der Waals surface area contributed by atoms with E-state index < -0.39 is 0 Å². The summed E-state index contributed by atoms with van der Waals surface area (Å²) in [4.78, 5) is 36.1. The van der Waals surface area contributed by atoms with E-state index in [4.69, 9.17) is 5.73 Å². The van der Waals surface area contributed by atoms with E-state index >= 15 is 0 Å². The van der Waals surface area contributed by atoms with Crippen molar-refractivity contribution in [3.8, 4) is 0 Å². The summed E-state index contributed by atoms with van der Waals surface area (Å²) in [5, 5.41) is 9.32. The van der Waals surface area contributed by atoms with E-state index in [1.165, 1.54) is 11.3 Å². The third kappa shape index (κ3) is 7.69. The smallest absolute Gasteiger partial charge is 0.317 e. The number of amides is 3. The molecule has 0 aliphatic carbocycles. The van der Waals surface area contributed by atoms with E-state index in [9.17, 15) is 9.59 Å². The van der Waals surface area contributed by atoms with Crippen molar-refractivity contribution in [3.63, 3.8) is 0 Å². The lowest BCUT2D eigenvalue weighted by molar-refractivity contribution is 0.102. The van der Waals surface area contributed by atoms with E-state index in [-0.39, 0.29) is 18.0 Å². The van der Waals surface area contributed by atoms with Gasteiger partial charge in [-0.1, -0.05) is 6.07 Å². The second-order valence-electron chi connectivity index (χ2n) is 8.77. The summed E-state index contributed by atoms with van der Waals surface area (Å²) in [6, 6.07) is 3.50. The Kier molecular flexibility index (Phi) is 9.04. The van der Waals surface area contributed by atoms with Crippen molar-refractivity contribution in [3.05, 3.63) is 40.3 Å². The zero-order valence-corrected chi connectivity index (χ0v) is 20.5. The SMILES string of the molecule is CC(C)NC(=O)N(CCCN1CCN(C)CC1)Cc1ccc(C(=O)Nc2cscc2N)nc1. The Morgan fingerprint density at radius 2 is 1.97 bits per heavy atom. The first-order valence-electron chi connectivity index (χ1n) is 11.4. The van der Waals surface area contributed by atoms with Crippen LogP contribution in [0, 0.1) is 0 Å². The number of anilines is 2.